The Morgan fingerprint density at radius 2 is 2.22 bits per heavy atom. The van der Waals surface area contributed by atoms with E-state index in [2.05, 4.69) is 30.6 Å². The van der Waals surface area contributed by atoms with Crippen molar-refractivity contribution in [2.45, 2.75) is 25.3 Å². The van der Waals surface area contributed by atoms with Crippen molar-refractivity contribution in [1.29, 1.82) is 0 Å². The molecule has 4 rings (SSSR count). The van der Waals surface area contributed by atoms with Crippen molar-refractivity contribution in [3.63, 3.8) is 0 Å². The highest BCUT2D eigenvalue weighted by Gasteiger charge is 2.32. The van der Waals surface area contributed by atoms with Gasteiger partial charge in [-0.2, -0.15) is 5.10 Å². The molecule has 9 nitrogen and oxygen atoms in total. The lowest BCUT2D eigenvalue weighted by Gasteiger charge is -2.31. The second-order valence-electron chi connectivity index (χ2n) is 7.01. The first-order chi connectivity index (χ1) is 13.3. The largest absolute Gasteiger partial charge is 0.381 e. The van der Waals surface area contributed by atoms with E-state index in [0.717, 1.165) is 32.7 Å². The van der Waals surface area contributed by atoms with Crippen LogP contribution in [0.4, 0.5) is 10.5 Å². The zero-order valence-corrected chi connectivity index (χ0v) is 15.3. The highest BCUT2D eigenvalue weighted by molar-refractivity contribution is 5.89. The molecular formula is C18H25N7O2. The minimum Gasteiger partial charge on any atom is -0.381 e. The number of carbonyl (C=O) groups is 1. The standard InChI is InChI=1S/C18H25N7O2/c26-18(23-15-3-4-17(20-9-15)25-13-19-12-22-25)21-10-16(14-5-8-27-11-14)24-6-1-2-7-24/h3-4,9,12-14,16H,1-2,5-8,10-11H2,(H2,21,23,26)/t14-,16+/m1/s1. The van der Waals surface area contributed by atoms with Gasteiger partial charge in [0.15, 0.2) is 5.82 Å². The summed E-state index contributed by atoms with van der Waals surface area (Å²) in [6.45, 7) is 4.46. The average Bonchev–Trinajstić information content (AvgIpc) is 3.45. The van der Waals surface area contributed by atoms with Crippen LogP contribution >= 0.6 is 0 Å². The molecule has 144 valence electrons. The predicted molar refractivity (Wildman–Crippen MR) is 99.7 cm³/mol. The van der Waals surface area contributed by atoms with E-state index in [-0.39, 0.29) is 6.03 Å². The molecule has 2 aliphatic heterocycles. The Hall–Kier alpha value is -2.52. The third kappa shape index (κ3) is 4.42. The predicted octanol–water partition coefficient (Wildman–Crippen LogP) is 1.28. The summed E-state index contributed by atoms with van der Waals surface area (Å²) in [7, 11) is 0. The SMILES string of the molecule is O=C(NC[C@@H]([C@@H]1CCOC1)N1CCCC1)Nc1ccc(-n2cncn2)nc1. The summed E-state index contributed by atoms with van der Waals surface area (Å²) in [5, 5.41) is 9.90. The van der Waals surface area contributed by atoms with Gasteiger partial charge in [-0.15, -0.1) is 0 Å². The van der Waals surface area contributed by atoms with Crippen molar-refractivity contribution in [2.75, 3.05) is 38.2 Å². The van der Waals surface area contributed by atoms with Gasteiger partial charge in [0.05, 0.1) is 18.5 Å². The summed E-state index contributed by atoms with van der Waals surface area (Å²) < 4.78 is 7.13. The maximum absolute atomic E-state index is 12.3. The molecule has 2 N–H and O–H groups in total. The Bertz CT molecular complexity index is 707. The lowest BCUT2D eigenvalue weighted by molar-refractivity contribution is 0.135. The van der Waals surface area contributed by atoms with Gasteiger partial charge in [0.25, 0.3) is 0 Å². The van der Waals surface area contributed by atoms with E-state index in [4.69, 9.17) is 4.74 Å². The number of rotatable bonds is 6. The van der Waals surface area contributed by atoms with Crippen molar-refractivity contribution in [3.05, 3.63) is 31.0 Å². The Morgan fingerprint density at radius 3 is 2.89 bits per heavy atom. The van der Waals surface area contributed by atoms with Gasteiger partial charge in [0, 0.05) is 25.1 Å². The van der Waals surface area contributed by atoms with Gasteiger partial charge in [-0.1, -0.05) is 0 Å². The molecule has 0 saturated carbocycles. The number of nitrogens with zero attached hydrogens (tertiary/aromatic N) is 5. The maximum Gasteiger partial charge on any atom is 0.319 e. The topological polar surface area (TPSA) is 97.2 Å². The molecule has 27 heavy (non-hydrogen) atoms. The second kappa shape index (κ2) is 8.45. The summed E-state index contributed by atoms with van der Waals surface area (Å²) in [6.07, 6.45) is 8.18. The molecule has 2 atom stereocenters. The number of likely N-dealkylation sites (tertiary alicyclic amines) is 1. The van der Waals surface area contributed by atoms with Crippen molar-refractivity contribution in [2.24, 2.45) is 5.92 Å². The summed E-state index contributed by atoms with van der Waals surface area (Å²) >= 11 is 0. The van der Waals surface area contributed by atoms with Crippen LogP contribution in [0.15, 0.2) is 31.0 Å². The third-order valence-electron chi connectivity index (χ3n) is 5.25. The van der Waals surface area contributed by atoms with Gasteiger partial charge in [0.1, 0.15) is 12.7 Å². The number of urea groups is 1. The number of amides is 2. The molecule has 0 aromatic carbocycles. The molecule has 0 unspecified atom stereocenters. The van der Waals surface area contributed by atoms with Crippen molar-refractivity contribution in [3.8, 4) is 5.82 Å². The van der Waals surface area contributed by atoms with Crippen LogP contribution in [0.2, 0.25) is 0 Å². The van der Waals surface area contributed by atoms with Crippen molar-refractivity contribution >= 4 is 11.7 Å². The molecular weight excluding hydrogens is 346 g/mol. The quantitative estimate of drug-likeness (QED) is 0.794. The zero-order chi connectivity index (χ0) is 18.5. The van der Waals surface area contributed by atoms with Crippen LogP contribution < -0.4 is 10.6 Å². The number of carbonyl (C=O) groups excluding carboxylic acids is 1. The van der Waals surface area contributed by atoms with Crippen LogP contribution in [0.5, 0.6) is 0 Å². The van der Waals surface area contributed by atoms with Crippen LogP contribution in [-0.2, 0) is 4.74 Å². The Kier molecular flexibility index (Phi) is 5.59. The maximum atomic E-state index is 12.3. The van der Waals surface area contributed by atoms with Gasteiger partial charge in [-0.3, -0.25) is 4.90 Å². The second-order valence-corrected chi connectivity index (χ2v) is 7.01. The summed E-state index contributed by atoms with van der Waals surface area (Å²) in [5.74, 6) is 1.14. The third-order valence-corrected chi connectivity index (χ3v) is 5.25. The van der Waals surface area contributed by atoms with E-state index in [1.54, 1.807) is 29.3 Å². The van der Waals surface area contributed by atoms with E-state index in [1.807, 2.05) is 0 Å². The van der Waals surface area contributed by atoms with E-state index in [9.17, 15) is 4.79 Å². The summed E-state index contributed by atoms with van der Waals surface area (Å²) in [6, 6.07) is 3.71. The highest BCUT2D eigenvalue weighted by Crippen LogP contribution is 2.24. The van der Waals surface area contributed by atoms with E-state index in [1.165, 1.54) is 19.2 Å². The number of ether oxygens (including phenoxy) is 1. The minimum absolute atomic E-state index is 0.214. The fourth-order valence-corrected chi connectivity index (χ4v) is 3.82. The van der Waals surface area contributed by atoms with Gasteiger partial charge in [0.2, 0.25) is 0 Å². The number of hydrogen-bond acceptors (Lipinski definition) is 6. The molecule has 4 heterocycles. The van der Waals surface area contributed by atoms with Crippen LogP contribution in [0, 0.1) is 5.92 Å². The molecule has 2 saturated heterocycles. The number of nitrogens with one attached hydrogen (secondary N) is 2. The first kappa shape index (κ1) is 17.9. The fraction of sp³-hybridized carbons (Fsp3) is 0.556. The van der Waals surface area contributed by atoms with Gasteiger partial charge in [-0.05, 0) is 44.5 Å². The van der Waals surface area contributed by atoms with E-state index < -0.39 is 0 Å². The normalized spacial score (nSPS) is 21.3. The first-order valence-electron chi connectivity index (χ1n) is 9.47. The molecule has 2 aromatic heterocycles. The number of pyridine rings is 1. The Balaban J connectivity index is 1.31. The molecule has 0 aliphatic carbocycles. The summed E-state index contributed by atoms with van der Waals surface area (Å²) in [4.78, 5) is 23.0. The molecule has 2 fully saturated rings. The van der Waals surface area contributed by atoms with Gasteiger partial charge in [-0.25, -0.2) is 19.4 Å². The fourth-order valence-electron chi connectivity index (χ4n) is 3.82. The average molecular weight is 371 g/mol. The Morgan fingerprint density at radius 1 is 1.33 bits per heavy atom. The van der Waals surface area contributed by atoms with Crippen molar-refractivity contribution < 1.29 is 9.53 Å². The molecule has 2 amide bonds. The van der Waals surface area contributed by atoms with Crippen LogP contribution in [0.3, 0.4) is 0 Å². The van der Waals surface area contributed by atoms with Crippen LogP contribution in [0.25, 0.3) is 5.82 Å². The molecule has 0 bridgehead atoms. The van der Waals surface area contributed by atoms with Crippen LogP contribution in [-0.4, -0.2) is 69.6 Å². The molecule has 2 aromatic rings. The van der Waals surface area contributed by atoms with Crippen LogP contribution in [0.1, 0.15) is 19.3 Å². The zero-order valence-electron chi connectivity index (χ0n) is 15.3. The first-order valence-corrected chi connectivity index (χ1v) is 9.47. The summed E-state index contributed by atoms with van der Waals surface area (Å²) in [5.41, 5.74) is 0.637. The lowest BCUT2D eigenvalue weighted by atomic mass is 9.97. The monoisotopic (exact) mass is 371 g/mol. The highest BCUT2D eigenvalue weighted by atomic mass is 16.5. The smallest absolute Gasteiger partial charge is 0.319 e. The molecule has 0 spiro atoms. The van der Waals surface area contributed by atoms with E-state index >= 15 is 0 Å². The van der Waals surface area contributed by atoms with E-state index in [0.29, 0.717) is 30.0 Å². The number of aromatic nitrogens is 4. The van der Waals surface area contributed by atoms with Crippen molar-refractivity contribution in [1.82, 2.24) is 30.0 Å². The molecule has 0 radical (unpaired) electrons. The minimum atomic E-state index is -0.214. The number of anilines is 1. The molecule has 9 heteroatoms. The molecule has 2 aliphatic rings. The van der Waals surface area contributed by atoms with Gasteiger partial charge >= 0.3 is 6.03 Å². The Labute approximate surface area is 158 Å². The lowest BCUT2D eigenvalue weighted by Crippen LogP contribution is -2.48. The van der Waals surface area contributed by atoms with Gasteiger partial charge < -0.3 is 15.4 Å². The number of hydrogen-bond donors (Lipinski definition) is 2.